The molecule has 1 amide bonds. The summed E-state index contributed by atoms with van der Waals surface area (Å²) in [5.41, 5.74) is -0.736. The molecule has 0 fully saturated rings. The predicted molar refractivity (Wildman–Crippen MR) is 74.4 cm³/mol. The van der Waals surface area contributed by atoms with Gasteiger partial charge in [0, 0.05) is 6.54 Å². The van der Waals surface area contributed by atoms with Crippen molar-refractivity contribution in [2.45, 2.75) is 19.6 Å². The van der Waals surface area contributed by atoms with E-state index in [0.717, 1.165) is 17.2 Å². The van der Waals surface area contributed by atoms with E-state index in [4.69, 9.17) is 0 Å². The first-order valence-corrected chi connectivity index (χ1v) is 6.41. The van der Waals surface area contributed by atoms with Gasteiger partial charge < -0.3 is 10.3 Å². The van der Waals surface area contributed by atoms with Gasteiger partial charge in [0.05, 0.1) is 0 Å². The highest BCUT2D eigenvalue weighted by atomic mass is 19.4. The standard InChI is InChI=1S/C15H13F3N2O2/c1-9-2-4-10(5-3-9)8-19-13(21)11-6-7-12(15(16,17)18)20-14(11)22/h2-7H,8H2,1H3,(H,19,21)(H,20,22). The van der Waals surface area contributed by atoms with E-state index in [2.05, 4.69) is 5.32 Å². The highest BCUT2D eigenvalue weighted by Crippen LogP contribution is 2.26. The van der Waals surface area contributed by atoms with E-state index < -0.39 is 23.3 Å². The summed E-state index contributed by atoms with van der Waals surface area (Å²) in [7, 11) is 0. The molecule has 116 valence electrons. The van der Waals surface area contributed by atoms with Crippen LogP contribution in [0.1, 0.15) is 27.2 Å². The van der Waals surface area contributed by atoms with Crippen LogP contribution in [0.4, 0.5) is 13.2 Å². The molecule has 2 N–H and O–H groups in total. The monoisotopic (exact) mass is 310 g/mol. The molecule has 7 heteroatoms. The van der Waals surface area contributed by atoms with Crippen LogP contribution in [0.3, 0.4) is 0 Å². The molecule has 0 aliphatic carbocycles. The van der Waals surface area contributed by atoms with Crippen LogP contribution in [0.25, 0.3) is 0 Å². The summed E-state index contributed by atoms with van der Waals surface area (Å²) in [5, 5.41) is 2.49. The molecule has 1 heterocycles. The molecule has 4 nitrogen and oxygen atoms in total. The van der Waals surface area contributed by atoms with E-state index in [1.165, 1.54) is 0 Å². The molecule has 0 atom stereocenters. The van der Waals surface area contributed by atoms with Gasteiger partial charge in [-0.1, -0.05) is 29.8 Å². The second kappa shape index (κ2) is 6.05. The largest absolute Gasteiger partial charge is 0.431 e. The third-order valence-corrected chi connectivity index (χ3v) is 3.03. The highest BCUT2D eigenvalue weighted by molar-refractivity contribution is 5.93. The van der Waals surface area contributed by atoms with E-state index in [1.807, 2.05) is 31.2 Å². The number of nitrogens with one attached hydrogen (secondary N) is 2. The van der Waals surface area contributed by atoms with Crippen molar-refractivity contribution in [1.29, 1.82) is 0 Å². The molecule has 22 heavy (non-hydrogen) atoms. The number of alkyl halides is 3. The molecule has 0 saturated heterocycles. The van der Waals surface area contributed by atoms with E-state index in [0.29, 0.717) is 6.07 Å². The Morgan fingerprint density at radius 3 is 2.32 bits per heavy atom. The second-order valence-electron chi connectivity index (χ2n) is 4.78. The topological polar surface area (TPSA) is 62.0 Å². The maximum atomic E-state index is 12.4. The molecule has 0 aliphatic rings. The predicted octanol–water partition coefficient (Wildman–Crippen LogP) is 2.63. The third-order valence-electron chi connectivity index (χ3n) is 3.03. The average Bonchev–Trinajstić information content (AvgIpc) is 2.45. The van der Waals surface area contributed by atoms with Crippen molar-refractivity contribution in [3.8, 4) is 0 Å². The molecular formula is C15H13F3N2O2. The van der Waals surface area contributed by atoms with Crippen LogP contribution in [-0.4, -0.2) is 10.9 Å². The van der Waals surface area contributed by atoms with Crippen molar-refractivity contribution in [1.82, 2.24) is 10.3 Å². The van der Waals surface area contributed by atoms with Gasteiger partial charge in [-0.2, -0.15) is 13.2 Å². The lowest BCUT2D eigenvalue weighted by Gasteiger charge is -2.08. The van der Waals surface area contributed by atoms with Crippen molar-refractivity contribution in [3.05, 3.63) is 69.1 Å². The first-order chi connectivity index (χ1) is 10.3. The van der Waals surface area contributed by atoms with Gasteiger partial charge in [0.2, 0.25) is 0 Å². The molecule has 2 aromatic rings. The number of aromatic nitrogens is 1. The highest BCUT2D eigenvalue weighted by Gasteiger charge is 2.32. The summed E-state index contributed by atoms with van der Waals surface area (Å²) < 4.78 is 37.3. The summed E-state index contributed by atoms with van der Waals surface area (Å²) in [5.74, 6) is -0.726. The zero-order chi connectivity index (χ0) is 16.3. The van der Waals surface area contributed by atoms with Gasteiger partial charge >= 0.3 is 6.18 Å². The van der Waals surface area contributed by atoms with E-state index in [9.17, 15) is 22.8 Å². The maximum absolute atomic E-state index is 12.4. The molecule has 1 aromatic carbocycles. The van der Waals surface area contributed by atoms with Crippen molar-refractivity contribution < 1.29 is 18.0 Å². The molecule has 0 unspecified atom stereocenters. The lowest BCUT2D eigenvalue weighted by atomic mass is 10.1. The Morgan fingerprint density at radius 2 is 1.77 bits per heavy atom. The minimum Gasteiger partial charge on any atom is -0.348 e. The summed E-state index contributed by atoms with van der Waals surface area (Å²) in [6.45, 7) is 2.10. The molecule has 2 rings (SSSR count). The SMILES string of the molecule is Cc1ccc(CNC(=O)c2ccc(C(F)(F)F)[nH]c2=O)cc1. The summed E-state index contributed by atoms with van der Waals surface area (Å²) in [4.78, 5) is 25.1. The number of pyridine rings is 1. The number of H-pyrrole nitrogens is 1. The van der Waals surface area contributed by atoms with E-state index in [1.54, 1.807) is 4.98 Å². The fourth-order valence-electron chi connectivity index (χ4n) is 1.80. The molecule has 0 bridgehead atoms. The fourth-order valence-corrected chi connectivity index (χ4v) is 1.80. The first-order valence-electron chi connectivity index (χ1n) is 6.41. The van der Waals surface area contributed by atoms with Crippen LogP contribution in [-0.2, 0) is 12.7 Å². The Labute approximate surface area is 124 Å². The number of rotatable bonds is 3. The minimum absolute atomic E-state index is 0.180. The molecular weight excluding hydrogens is 297 g/mol. The number of carbonyl (C=O) groups is 1. The van der Waals surface area contributed by atoms with Crippen LogP contribution < -0.4 is 10.9 Å². The Morgan fingerprint density at radius 1 is 1.14 bits per heavy atom. The van der Waals surface area contributed by atoms with Gasteiger partial charge in [0.1, 0.15) is 11.3 Å². The van der Waals surface area contributed by atoms with Crippen molar-refractivity contribution in [2.24, 2.45) is 0 Å². The smallest absolute Gasteiger partial charge is 0.348 e. The number of halogens is 3. The molecule has 1 aromatic heterocycles. The van der Waals surface area contributed by atoms with Crippen LogP contribution in [0.5, 0.6) is 0 Å². The molecule has 0 spiro atoms. The van der Waals surface area contributed by atoms with Gasteiger partial charge in [0.15, 0.2) is 0 Å². The van der Waals surface area contributed by atoms with Crippen molar-refractivity contribution in [2.75, 3.05) is 0 Å². The van der Waals surface area contributed by atoms with Crippen molar-refractivity contribution >= 4 is 5.91 Å². The van der Waals surface area contributed by atoms with Gasteiger partial charge in [-0.3, -0.25) is 9.59 Å². The van der Waals surface area contributed by atoms with Crippen LogP contribution in [0.2, 0.25) is 0 Å². The van der Waals surface area contributed by atoms with Crippen LogP contribution in [0.15, 0.2) is 41.2 Å². The third kappa shape index (κ3) is 3.75. The summed E-state index contributed by atoms with van der Waals surface area (Å²) in [6, 6.07) is 8.90. The lowest BCUT2D eigenvalue weighted by molar-refractivity contribution is -0.141. The summed E-state index contributed by atoms with van der Waals surface area (Å²) >= 11 is 0. The molecule has 0 aliphatic heterocycles. The molecule has 0 saturated carbocycles. The van der Waals surface area contributed by atoms with Gasteiger partial charge in [-0.05, 0) is 24.6 Å². The Balaban J connectivity index is 2.10. The first kappa shape index (κ1) is 15.8. The maximum Gasteiger partial charge on any atom is 0.431 e. The molecule has 0 radical (unpaired) electrons. The quantitative estimate of drug-likeness (QED) is 0.915. The summed E-state index contributed by atoms with van der Waals surface area (Å²) in [6.07, 6.45) is -4.66. The normalized spacial score (nSPS) is 11.3. The average molecular weight is 310 g/mol. The minimum atomic E-state index is -4.66. The number of carbonyl (C=O) groups excluding carboxylic acids is 1. The van der Waals surface area contributed by atoms with Crippen LogP contribution >= 0.6 is 0 Å². The van der Waals surface area contributed by atoms with Gasteiger partial charge in [0.25, 0.3) is 11.5 Å². The number of hydrogen-bond acceptors (Lipinski definition) is 2. The number of amides is 1. The van der Waals surface area contributed by atoms with Crippen molar-refractivity contribution in [3.63, 3.8) is 0 Å². The van der Waals surface area contributed by atoms with E-state index in [-0.39, 0.29) is 12.1 Å². The fraction of sp³-hybridized carbons (Fsp3) is 0.200. The Bertz CT molecular complexity index is 734. The zero-order valence-electron chi connectivity index (χ0n) is 11.6. The number of benzene rings is 1. The second-order valence-corrected chi connectivity index (χ2v) is 4.78. The van der Waals surface area contributed by atoms with Gasteiger partial charge in [-0.25, -0.2) is 0 Å². The number of hydrogen-bond donors (Lipinski definition) is 2. The zero-order valence-corrected chi connectivity index (χ0v) is 11.6. The Hall–Kier alpha value is -2.57. The van der Waals surface area contributed by atoms with Gasteiger partial charge in [-0.15, -0.1) is 0 Å². The lowest BCUT2D eigenvalue weighted by Crippen LogP contribution is -2.30. The van der Waals surface area contributed by atoms with Crippen LogP contribution in [0, 0.1) is 6.92 Å². The van der Waals surface area contributed by atoms with E-state index >= 15 is 0 Å². The number of aromatic amines is 1. The number of aryl methyl sites for hydroxylation is 1. The Kier molecular flexibility index (Phi) is 4.35.